The Morgan fingerprint density at radius 3 is 2.65 bits per heavy atom. The van der Waals surface area contributed by atoms with Gasteiger partial charge in [0.05, 0.1) is 5.52 Å². The van der Waals surface area contributed by atoms with Crippen LogP contribution in [0.15, 0.2) is 42.5 Å². The van der Waals surface area contributed by atoms with Crippen molar-refractivity contribution in [3.63, 3.8) is 0 Å². The fourth-order valence-electron chi connectivity index (χ4n) is 2.52. The molecule has 7 nitrogen and oxygen atoms in total. The molecule has 7 heteroatoms. The van der Waals surface area contributed by atoms with Gasteiger partial charge in [0.15, 0.2) is 12.3 Å². The highest BCUT2D eigenvalue weighted by Crippen LogP contribution is 2.20. The number of anilines is 1. The van der Waals surface area contributed by atoms with Crippen molar-refractivity contribution < 1.29 is 14.3 Å². The predicted molar refractivity (Wildman–Crippen MR) is 99.4 cm³/mol. The van der Waals surface area contributed by atoms with E-state index in [1.54, 1.807) is 24.3 Å². The first kappa shape index (κ1) is 17.5. The van der Waals surface area contributed by atoms with E-state index in [2.05, 4.69) is 20.8 Å². The molecule has 26 heavy (non-hydrogen) atoms. The molecule has 0 radical (unpaired) electrons. The average Bonchev–Trinajstić information content (AvgIpc) is 3.04. The Hall–Kier alpha value is -3.35. The van der Waals surface area contributed by atoms with Crippen molar-refractivity contribution >= 4 is 28.4 Å². The second kappa shape index (κ2) is 7.69. The molecule has 0 saturated heterocycles. The molecule has 3 aromatic rings. The van der Waals surface area contributed by atoms with E-state index in [9.17, 15) is 9.59 Å². The maximum atomic E-state index is 12.5. The summed E-state index contributed by atoms with van der Waals surface area (Å²) in [5, 5.41) is 13.2. The number of benzene rings is 2. The predicted octanol–water partition coefficient (Wildman–Crippen LogP) is 2.64. The number of hydrogen-bond acceptors (Lipinski definition) is 4. The standard InChI is InChI=1S/C19H20N4O3/c1-3-20-17(24)11-26-14-7-5-13(6-8-14)21-19(25)18-15-10-12(2)4-9-16(15)22-23-18/h4-10H,3,11H2,1-2H3,(H,20,24)(H,21,25)(H,22,23). The number of ether oxygens (including phenoxy) is 1. The highest BCUT2D eigenvalue weighted by molar-refractivity contribution is 6.11. The Balaban J connectivity index is 1.65. The number of aryl methyl sites for hydroxylation is 1. The summed E-state index contributed by atoms with van der Waals surface area (Å²) in [5.74, 6) is 0.0820. The van der Waals surface area contributed by atoms with Gasteiger partial charge in [-0.05, 0) is 50.2 Å². The van der Waals surface area contributed by atoms with Gasteiger partial charge in [-0.2, -0.15) is 5.10 Å². The number of carbonyl (C=O) groups is 2. The van der Waals surface area contributed by atoms with Crippen molar-refractivity contribution in [3.05, 3.63) is 53.7 Å². The van der Waals surface area contributed by atoms with Gasteiger partial charge in [-0.25, -0.2) is 0 Å². The van der Waals surface area contributed by atoms with E-state index in [4.69, 9.17) is 4.74 Å². The van der Waals surface area contributed by atoms with Crippen LogP contribution in [-0.2, 0) is 4.79 Å². The quantitative estimate of drug-likeness (QED) is 0.635. The Labute approximate surface area is 150 Å². The maximum Gasteiger partial charge on any atom is 0.276 e. The third kappa shape index (κ3) is 4.00. The van der Waals surface area contributed by atoms with Gasteiger partial charge in [0, 0.05) is 17.6 Å². The number of amides is 2. The number of carbonyl (C=O) groups excluding carboxylic acids is 2. The molecule has 0 fully saturated rings. The minimum absolute atomic E-state index is 0.0435. The van der Waals surface area contributed by atoms with Crippen molar-refractivity contribution in [1.82, 2.24) is 15.5 Å². The van der Waals surface area contributed by atoms with Gasteiger partial charge in [0.1, 0.15) is 5.75 Å². The van der Waals surface area contributed by atoms with E-state index < -0.39 is 0 Å². The average molecular weight is 352 g/mol. The van der Waals surface area contributed by atoms with Crippen LogP contribution in [0.2, 0.25) is 0 Å². The topological polar surface area (TPSA) is 96.1 Å². The lowest BCUT2D eigenvalue weighted by Crippen LogP contribution is -2.28. The van der Waals surface area contributed by atoms with Crippen LogP contribution in [0.25, 0.3) is 10.9 Å². The number of nitrogens with zero attached hydrogens (tertiary/aromatic N) is 1. The second-order valence-corrected chi connectivity index (χ2v) is 5.84. The Morgan fingerprint density at radius 1 is 1.15 bits per heavy atom. The van der Waals surface area contributed by atoms with Gasteiger partial charge < -0.3 is 15.4 Å². The summed E-state index contributed by atoms with van der Waals surface area (Å²) in [6, 6.07) is 12.6. The number of hydrogen-bond donors (Lipinski definition) is 3. The fourth-order valence-corrected chi connectivity index (χ4v) is 2.52. The molecule has 0 saturated carbocycles. The summed E-state index contributed by atoms with van der Waals surface area (Å²) in [7, 11) is 0. The Kier molecular flexibility index (Phi) is 5.17. The van der Waals surface area contributed by atoms with E-state index >= 15 is 0 Å². The Bertz CT molecular complexity index is 932. The summed E-state index contributed by atoms with van der Waals surface area (Å²) in [5.41, 5.74) is 2.83. The molecule has 0 atom stereocenters. The molecule has 0 aliphatic carbocycles. The van der Waals surface area contributed by atoms with E-state index in [-0.39, 0.29) is 18.4 Å². The molecule has 0 unspecified atom stereocenters. The summed E-state index contributed by atoms with van der Waals surface area (Å²) in [6.07, 6.45) is 0. The zero-order chi connectivity index (χ0) is 18.5. The van der Waals surface area contributed by atoms with Gasteiger partial charge in [-0.1, -0.05) is 11.6 Å². The maximum absolute atomic E-state index is 12.5. The minimum Gasteiger partial charge on any atom is -0.484 e. The zero-order valence-electron chi connectivity index (χ0n) is 14.6. The number of H-pyrrole nitrogens is 1. The van der Waals surface area contributed by atoms with Crippen molar-refractivity contribution in [1.29, 1.82) is 0 Å². The largest absolute Gasteiger partial charge is 0.484 e. The number of rotatable bonds is 6. The third-order valence-electron chi connectivity index (χ3n) is 3.79. The van der Waals surface area contributed by atoms with Crippen LogP contribution in [0.4, 0.5) is 5.69 Å². The summed E-state index contributed by atoms with van der Waals surface area (Å²) in [4.78, 5) is 23.9. The summed E-state index contributed by atoms with van der Waals surface area (Å²) < 4.78 is 5.38. The van der Waals surface area contributed by atoms with Crippen molar-refractivity contribution in [2.45, 2.75) is 13.8 Å². The molecule has 3 rings (SSSR count). The van der Waals surface area contributed by atoms with Crippen molar-refractivity contribution in [3.8, 4) is 5.75 Å². The van der Waals surface area contributed by atoms with Crippen LogP contribution in [0, 0.1) is 6.92 Å². The first-order chi connectivity index (χ1) is 12.6. The molecule has 0 aliphatic heterocycles. The van der Waals surface area contributed by atoms with Gasteiger partial charge in [0.25, 0.3) is 11.8 Å². The molecule has 134 valence electrons. The molecular weight excluding hydrogens is 332 g/mol. The monoisotopic (exact) mass is 352 g/mol. The molecule has 0 spiro atoms. The molecule has 1 heterocycles. The van der Waals surface area contributed by atoms with Gasteiger partial charge >= 0.3 is 0 Å². The van der Waals surface area contributed by atoms with Crippen LogP contribution in [0.3, 0.4) is 0 Å². The lowest BCUT2D eigenvalue weighted by molar-refractivity contribution is -0.122. The van der Waals surface area contributed by atoms with Crippen LogP contribution >= 0.6 is 0 Å². The lowest BCUT2D eigenvalue weighted by Gasteiger charge is -2.08. The van der Waals surface area contributed by atoms with Crippen LogP contribution < -0.4 is 15.4 Å². The molecule has 0 aliphatic rings. The first-order valence-corrected chi connectivity index (χ1v) is 8.32. The number of aromatic nitrogens is 2. The van der Waals surface area contributed by atoms with Crippen LogP contribution in [0.1, 0.15) is 23.0 Å². The SMILES string of the molecule is CCNC(=O)COc1ccc(NC(=O)c2n[nH]c3ccc(C)cc23)cc1. The smallest absolute Gasteiger partial charge is 0.276 e. The van der Waals surface area contributed by atoms with Crippen LogP contribution in [0.5, 0.6) is 5.75 Å². The normalized spacial score (nSPS) is 10.5. The van der Waals surface area contributed by atoms with Crippen molar-refractivity contribution in [2.75, 3.05) is 18.5 Å². The number of likely N-dealkylation sites (N-methyl/N-ethyl adjacent to an activating group) is 1. The van der Waals surface area contributed by atoms with Gasteiger partial charge in [-0.15, -0.1) is 0 Å². The van der Waals surface area contributed by atoms with Gasteiger partial charge in [-0.3, -0.25) is 14.7 Å². The molecule has 0 bridgehead atoms. The highest BCUT2D eigenvalue weighted by atomic mass is 16.5. The second-order valence-electron chi connectivity index (χ2n) is 5.84. The molecule has 3 N–H and O–H groups in total. The molecular formula is C19H20N4O3. The van der Waals surface area contributed by atoms with E-state index in [1.807, 2.05) is 32.0 Å². The van der Waals surface area contributed by atoms with E-state index in [0.717, 1.165) is 16.5 Å². The number of fused-ring (bicyclic) bond motifs is 1. The summed E-state index contributed by atoms with van der Waals surface area (Å²) >= 11 is 0. The molecule has 1 aromatic heterocycles. The van der Waals surface area contributed by atoms with Gasteiger partial charge in [0.2, 0.25) is 0 Å². The minimum atomic E-state index is -0.294. The zero-order valence-corrected chi connectivity index (χ0v) is 14.6. The van der Waals surface area contributed by atoms with E-state index in [1.165, 1.54) is 0 Å². The Morgan fingerprint density at radius 2 is 1.92 bits per heavy atom. The van der Waals surface area contributed by atoms with Crippen LogP contribution in [-0.4, -0.2) is 35.2 Å². The first-order valence-electron chi connectivity index (χ1n) is 8.32. The fraction of sp³-hybridized carbons (Fsp3) is 0.211. The van der Waals surface area contributed by atoms with E-state index in [0.29, 0.717) is 23.7 Å². The summed E-state index contributed by atoms with van der Waals surface area (Å²) in [6.45, 7) is 4.33. The highest BCUT2D eigenvalue weighted by Gasteiger charge is 2.14. The molecule has 2 amide bonds. The lowest BCUT2D eigenvalue weighted by atomic mass is 10.1. The third-order valence-corrected chi connectivity index (χ3v) is 3.79. The number of aromatic amines is 1. The van der Waals surface area contributed by atoms with Crippen molar-refractivity contribution in [2.24, 2.45) is 0 Å². The molecule has 2 aromatic carbocycles. The number of nitrogens with one attached hydrogen (secondary N) is 3.